The molecular formula is C11H12ClN3O2S. The molecule has 0 saturated carbocycles. The number of hydrogen-bond donors (Lipinski definition) is 0. The number of fused-ring (bicyclic) bond motifs is 1. The maximum atomic E-state index is 11.8. The molecule has 2 aromatic rings. The van der Waals surface area contributed by atoms with Crippen LogP contribution in [0.2, 0.25) is 5.15 Å². The number of hydrogen-bond acceptors (Lipinski definition) is 6. The molecule has 96 valence electrons. The van der Waals surface area contributed by atoms with Gasteiger partial charge in [0.2, 0.25) is 5.95 Å². The van der Waals surface area contributed by atoms with Crippen molar-refractivity contribution in [3.8, 4) is 0 Å². The number of nitrogens with zero attached hydrogens (tertiary/aromatic N) is 3. The summed E-state index contributed by atoms with van der Waals surface area (Å²) in [5, 5.41) is 2.53. The quantitative estimate of drug-likeness (QED) is 0.641. The summed E-state index contributed by atoms with van der Waals surface area (Å²) >= 11 is 7.47. The Kier molecular flexibility index (Phi) is 3.68. The van der Waals surface area contributed by atoms with Gasteiger partial charge < -0.3 is 9.64 Å². The van der Waals surface area contributed by atoms with E-state index in [2.05, 4.69) is 9.97 Å². The van der Waals surface area contributed by atoms with E-state index in [1.165, 1.54) is 11.3 Å². The van der Waals surface area contributed by atoms with Crippen molar-refractivity contribution >= 4 is 45.1 Å². The minimum Gasteiger partial charge on any atom is -0.462 e. The molecule has 18 heavy (non-hydrogen) atoms. The summed E-state index contributed by atoms with van der Waals surface area (Å²) in [5.41, 5.74) is 0.423. The summed E-state index contributed by atoms with van der Waals surface area (Å²) in [6.07, 6.45) is 0. The Morgan fingerprint density at radius 2 is 2.22 bits per heavy atom. The first kappa shape index (κ1) is 13.0. The molecule has 0 radical (unpaired) electrons. The van der Waals surface area contributed by atoms with Gasteiger partial charge in [0, 0.05) is 19.5 Å². The van der Waals surface area contributed by atoms with Crippen LogP contribution < -0.4 is 4.90 Å². The first-order chi connectivity index (χ1) is 8.54. The molecule has 0 amide bonds. The summed E-state index contributed by atoms with van der Waals surface area (Å²) < 4.78 is 4.97. The van der Waals surface area contributed by atoms with E-state index >= 15 is 0 Å². The summed E-state index contributed by atoms with van der Waals surface area (Å²) in [7, 11) is 3.66. The molecule has 0 N–H and O–H groups in total. The predicted octanol–water partition coefficient (Wildman–Crippen LogP) is 2.59. The molecule has 0 spiro atoms. The number of halogens is 1. The van der Waals surface area contributed by atoms with Crippen LogP contribution in [0.3, 0.4) is 0 Å². The third-order valence-electron chi connectivity index (χ3n) is 2.27. The lowest BCUT2D eigenvalue weighted by molar-refractivity contribution is 0.0529. The highest BCUT2D eigenvalue weighted by atomic mass is 35.5. The SMILES string of the molecule is CCOC(=O)c1csc2nc(N(C)C)nc(Cl)c12. The standard InChI is InChI=1S/C11H12ClN3O2S/c1-4-17-10(16)6-5-18-9-7(6)8(12)13-11(14-9)15(2)3/h5H,4H2,1-3H3. The molecule has 5 nitrogen and oxygen atoms in total. The first-order valence-electron chi connectivity index (χ1n) is 5.33. The van der Waals surface area contributed by atoms with Gasteiger partial charge in [-0.1, -0.05) is 11.6 Å². The zero-order valence-corrected chi connectivity index (χ0v) is 11.8. The number of carbonyl (C=O) groups is 1. The fourth-order valence-electron chi connectivity index (χ4n) is 1.45. The van der Waals surface area contributed by atoms with Crippen molar-refractivity contribution < 1.29 is 9.53 Å². The highest BCUT2D eigenvalue weighted by molar-refractivity contribution is 7.17. The molecule has 0 bridgehead atoms. The van der Waals surface area contributed by atoms with E-state index in [-0.39, 0.29) is 5.15 Å². The van der Waals surface area contributed by atoms with Gasteiger partial charge in [-0.05, 0) is 6.92 Å². The van der Waals surface area contributed by atoms with Crippen LogP contribution in [0.5, 0.6) is 0 Å². The minimum absolute atomic E-state index is 0.271. The number of ether oxygens (including phenoxy) is 1. The fraction of sp³-hybridized carbons (Fsp3) is 0.364. The second-order valence-corrected chi connectivity index (χ2v) is 4.97. The van der Waals surface area contributed by atoms with Crippen molar-refractivity contribution in [3.63, 3.8) is 0 Å². The molecule has 0 aliphatic carbocycles. The van der Waals surface area contributed by atoms with Gasteiger partial charge in [0.05, 0.1) is 17.6 Å². The average molecular weight is 286 g/mol. The van der Waals surface area contributed by atoms with Gasteiger partial charge in [-0.2, -0.15) is 0 Å². The van der Waals surface area contributed by atoms with Crippen molar-refractivity contribution in [3.05, 3.63) is 16.1 Å². The van der Waals surface area contributed by atoms with Crippen LogP contribution in [0.1, 0.15) is 17.3 Å². The molecule has 0 atom stereocenters. The predicted molar refractivity (Wildman–Crippen MR) is 72.7 cm³/mol. The van der Waals surface area contributed by atoms with Crippen molar-refractivity contribution in [2.45, 2.75) is 6.92 Å². The minimum atomic E-state index is -0.396. The molecule has 0 aliphatic rings. The van der Waals surface area contributed by atoms with E-state index in [0.717, 1.165) is 0 Å². The third-order valence-corrected chi connectivity index (χ3v) is 3.42. The lowest BCUT2D eigenvalue weighted by atomic mass is 10.2. The summed E-state index contributed by atoms with van der Waals surface area (Å²) in [6.45, 7) is 2.08. The summed E-state index contributed by atoms with van der Waals surface area (Å²) in [4.78, 5) is 22.7. The van der Waals surface area contributed by atoms with E-state index in [0.29, 0.717) is 28.3 Å². The lowest BCUT2D eigenvalue weighted by Gasteiger charge is -2.10. The Morgan fingerprint density at radius 1 is 1.50 bits per heavy atom. The van der Waals surface area contributed by atoms with Crippen LogP contribution in [-0.4, -0.2) is 36.6 Å². The number of thiophene rings is 1. The molecule has 0 aromatic carbocycles. The monoisotopic (exact) mass is 285 g/mol. The fourth-order valence-corrected chi connectivity index (χ4v) is 2.67. The molecule has 2 aromatic heterocycles. The van der Waals surface area contributed by atoms with Gasteiger partial charge in [0.1, 0.15) is 9.98 Å². The number of carbonyl (C=O) groups excluding carboxylic acids is 1. The van der Waals surface area contributed by atoms with Crippen LogP contribution in [0.4, 0.5) is 5.95 Å². The molecular weight excluding hydrogens is 274 g/mol. The Labute approximate surface area is 113 Å². The molecule has 0 saturated heterocycles. The number of rotatable bonds is 3. The van der Waals surface area contributed by atoms with Gasteiger partial charge in [-0.15, -0.1) is 11.3 Å². The first-order valence-corrected chi connectivity index (χ1v) is 6.59. The average Bonchev–Trinajstić information content (AvgIpc) is 2.73. The summed E-state index contributed by atoms with van der Waals surface area (Å²) in [5.74, 6) is 0.122. The molecule has 2 heterocycles. The largest absolute Gasteiger partial charge is 0.462 e. The highest BCUT2D eigenvalue weighted by Crippen LogP contribution is 2.31. The topological polar surface area (TPSA) is 55.3 Å². The molecule has 7 heteroatoms. The lowest BCUT2D eigenvalue weighted by Crippen LogP contribution is -2.12. The van der Waals surface area contributed by atoms with Crippen molar-refractivity contribution in [2.24, 2.45) is 0 Å². The Hall–Kier alpha value is -1.40. The van der Waals surface area contributed by atoms with Crippen LogP contribution >= 0.6 is 22.9 Å². The van der Waals surface area contributed by atoms with Crippen molar-refractivity contribution in [1.82, 2.24) is 9.97 Å². The third kappa shape index (κ3) is 2.26. The zero-order valence-electron chi connectivity index (χ0n) is 10.2. The van der Waals surface area contributed by atoms with Crippen LogP contribution in [-0.2, 0) is 4.74 Å². The van der Waals surface area contributed by atoms with Crippen LogP contribution in [0, 0.1) is 0 Å². The van der Waals surface area contributed by atoms with Gasteiger partial charge in [-0.25, -0.2) is 14.8 Å². The Morgan fingerprint density at radius 3 is 2.83 bits per heavy atom. The normalized spacial score (nSPS) is 10.7. The van der Waals surface area contributed by atoms with Crippen molar-refractivity contribution in [2.75, 3.05) is 25.6 Å². The van der Waals surface area contributed by atoms with Gasteiger partial charge >= 0.3 is 5.97 Å². The Balaban J connectivity index is 2.57. The van der Waals surface area contributed by atoms with E-state index in [1.54, 1.807) is 17.2 Å². The van der Waals surface area contributed by atoms with E-state index in [4.69, 9.17) is 16.3 Å². The molecule has 0 fully saturated rings. The number of anilines is 1. The second-order valence-electron chi connectivity index (χ2n) is 3.76. The maximum absolute atomic E-state index is 11.8. The van der Waals surface area contributed by atoms with Gasteiger partial charge in [0.15, 0.2) is 0 Å². The van der Waals surface area contributed by atoms with E-state index in [1.807, 2.05) is 14.1 Å². The number of esters is 1. The zero-order chi connectivity index (χ0) is 13.3. The summed E-state index contributed by atoms with van der Waals surface area (Å²) in [6, 6.07) is 0. The van der Waals surface area contributed by atoms with E-state index in [9.17, 15) is 4.79 Å². The van der Waals surface area contributed by atoms with Crippen LogP contribution in [0.25, 0.3) is 10.2 Å². The van der Waals surface area contributed by atoms with Gasteiger partial charge in [-0.3, -0.25) is 0 Å². The second kappa shape index (κ2) is 5.07. The van der Waals surface area contributed by atoms with Crippen LogP contribution in [0.15, 0.2) is 5.38 Å². The molecule has 0 unspecified atom stereocenters. The Bertz CT molecular complexity index is 597. The molecule has 2 rings (SSSR count). The number of aromatic nitrogens is 2. The smallest absolute Gasteiger partial charge is 0.339 e. The highest BCUT2D eigenvalue weighted by Gasteiger charge is 2.19. The molecule has 0 aliphatic heterocycles. The maximum Gasteiger partial charge on any atom is 0.339 e. The van der Waals surface area contributed by atoms with Crippen molar-refractivity contribution in [1.29, 1.82) is 0 Å². The van der Waals surface area contributed by atoms with E-state index < -0.39 is 5.97 Å². The van der Waals surface area contributed by atoms with Gasteiger partial charge in [0.25, 0.3) is 0 Å².